The molecule has 2 aromatic rings. The minimum absolute atomic E-state index is 0.0263. The van der Waals surface area contributed by atoms with Crippen LogP contribution in [0.15, 0.2) is 36.8 Å². The molecule has 0 atom stereocenters. The molecular formula is C18H22N6O2. The lowest BCUT2D eigenvalue weighted by Crippen LogP contribution is -2.47. The number of carbonyl (C=O) groups excluding carboxylic acids is 1. The fourth-order valence-corrected chi connectivity index (χ4v) is 3.24. The summed E-state index contributed by atoms with van der Waals surface area (Å²) < 4.78 is 5.30. The van der Waals surface area contributed by atoms with Gasteiger partial charge in [0.1, 0.15) is 5.82 Å². The van der Waals surface area contributed by atoms with Gasteiger partial charge in [-0.15, -0.1) is 0 Å². The number of carbonyl (C=O) groups is 1. The van der Waals surface area contributed by atoms with Gasteiger partial charge in [0.25, 0.3) is 5.91 Å². The maximum atomic E-state index is 12.5. The number of pyridine rings is 1. The van der Waals surface area contributed by atoms with Crippen LogP contribution in [0.2, 0.25) is 0 Å². The third-order valence-electron chi connectivity index (χ3n) is 4.73. The molecule has 2 aromatic heterocycles. The quantitative estimate of drug-likeness (QED) is 0.802. The van der Waals surface area contributed by atoms with E-state index in [-0.39, 0.29) is 5.91 Å². The van der Waals surface area contributed by atoms with Crippen LogP contribution in [-0.2, 0) is 4.74 Å². The number of ether oxygens (including phenoxy) is 1. The lowest BCUT2D eigenvalue weighted by molar-refractivity contribution is 0.0302. The van der Waals surface area contributed by atoms with E-state index in [1.54, 1.807) is 18.6 Å². The zero-order valence-electron chi connectivity index (χ0n) is 14.6. The van der Waals surface area contributed by atoms with Crippen LogP contribution in [0.1, 0.15) is 10.4 Å². The average Bonchev–Trinajstić information content (AvgIpc) is 2.75. The van der Waals surface area contributed by atoms with Crippen LogP contribution in [0.5, 0.6) is 0 Å². The first-order valence-corrected chi connectivity index (χ1v) is 8.91. The molecule has 26 heavy (non-hydrogen) atoms. The molecule has 4 rings (SSSR count). The van der Waals surface area contributed by atoms with E-state index in [2.05, 4.69) is 24.8 Å². The summed E-state index contributed by atoms with van der Waals surface area (Å²) in [5.74, 6) is 1.70. The van der Waals surface area contributed by atoms with E-state index in [9.17, 15) is 4.79 Å². The summed E-state index contributed by atoms with van der Waals surface area (Å²) in [5.41, 5.74) is 0.631. The number of rotatable bonds is 3. The van der Waals surface area contributed by atoms with Gasteiger partial charge in [-0.2, -0.15) is 0 Å². The minimum atomic E-state index is 0.0263. The van der Waals surface area contributed by atoms with Gasteiger partial charge in [0.15, 0.2) is 0 Å². The van der Waals surface area contributed by atoms with Crippen LogP contribution in [0.3, 0.4) is 0 Å². The van der Waals surface area contributed by atoms with Crippen LogP contribution in [0.4, 0.5) is 11.8 Å². The monoisotopic (exact) mass is 354 g/mol. The smallest absolute Gasteiger partial charge is 0.255 e. The van der Waals surface area contributed by atoms with Gasteiger partial charge >= 0.3 is 0 Å². The summed E-state index contributed by atoms with van der Waals surface area (Å²) in [6.45, 7) is 5.89. The van der Waals surface area contributed by atoms with Crippen LogP contribution >= 0.6 is 0 Å². The van der Waals surface area contributed by atoms with Gasteiger partial charge in [0.2, 0.25) is 5.95 Å². The Balaban J connectivity index is 1.36. The summed E-state index contributed by atoms with van der Waals surface area (Å²) >= 11 is 0. The van der Waals surface area contributed by atoms with Crippen molar-refractivity contribution in [2.24, 2.45) is 0 Å². The van der Waals surface area contributed by atoms with E-state index in [0.717, 1.165) is 37.9 Å². The number of anilines is 2. The van der Waals surface area contributed by atoms with Crippen molar-refractivity contribution in [3.63, 3.8) is 0 Å². The fourth-order valence-electron chi connectivity index (χ4n) is 3.24. The summed E-state index contributed by atoms with van der Waals surface area (Å²) in [6.07, 6.45) is 5.21. The van der Waals surface area contributed by atoms with Gasteiger partial charge in [0.05, 0.1) is 18.8 Å². The van der Waals surface area contributed by atoms with Crippen LogP contribution in [0, 0.1) is 0 Å². The summed E-state index contributed by atoms with van der Waals surface area (Å²) in [7, 11) is 0. The Kier molecular flexibility index (Phi) is 4.92. The molecule has 2 fully saturated rings. The van der Waals surface area contributed by atoms with Gasteiger partial charge < -0.3 is 19.4 Å². The van der Waals surface area contributed by atoms with Gasteiger partial charge in [-0.1, -0.05) is 0 Å². The largest absolute Gasteiger partial charge is 0.378 e. The van der Waals surface area contributed by atoms with Gasteiger partial charge in [-0.25, -0.2) is 15.0 Å². The molecule has 4 heterocycles. The standard InChI is InChI=1S/C18H22N6O2/c25-17(23-10-12-26-13-11-23)15-2-3-16(21-14-15)22-6-8-24(9-7-22)18-19-4-1-5-20-18/h1-5,14H,6-13H2. The third kappa shape index (κ3) is 3.60. The number of aromatic nitrogens is 3. The first-order valence-electron chi connectivity index (χ1n) is 8.91. The number of nitrogens with zero attached hydrogens (tertiary/aromatic N) is 6. The normalized spacial score (nSPS) is 18.1. The van der Waals surface area contributed by atoms with Crippen molar-refractivity contribution in [2.45, 2.75) is 0 Å². The Morgan fingerprint density at radius 2 is 1.58 bits per heavy atom. The molecule has 0 aliphatic carbocycles. The van der Waals surface area contributed by atoms with Gasteiger partial charge in [-0.05, 0) is 18.2 Å². The Morgan fingerprint density at radius 3 is 2.23 bits per heavy atom. The topological polar surface area (TPSA) is 74.7 Å². The highest BCUT2D eigenvalue weighted by atomic mass is 16.5. The number of piperazine rings is 1. The van der Waals surface area contributed by atoms with Crippen molar-refractivity contribution in [1.82, 2.24) is 19.9 Å². The summed E-state index contributed by atoms with van der Waals surface area (Å²) in [6, 6.07) is 5.62. The molecule has 0 bridgehead atoms. The minimum Gasteiger partial charge on any atom is -0.378 e. The maximum absolute atomic E-state index is 12.5. The molecule has 8 heteroatoms. The third-order valence-corrected chi connectivity index (χ3v) is 4.73. The van der Waals surface area contributed by atoms with Crippen LogP contribution in [-0.4, -0.2) is 78.2 Å². The molecule has 0 aromatic carbocycles. The molecule has 136 valence electrons. The second-order valence-corrected chi connectivity index (χ2v) is 6.33. The summed E-state index contributed by atoms with van der Waals surface area (Å²) in [5, 5.41) is 0. The highest BCUT2D eigenvalue weighted by molar-refractivity contribution is 5.94. The molecule has 0 spiro atoms. The molecular weight excluding hydrogens is 332 g/mol. The predicted molar refractivity (Wildman–Crippen MR) is 97.4 cm³/mol. The molecule has 2 aliphatic heterocycles. The van der Waals surface area contributed by atoms with Crippen LogP contribution < -0.4 is 9.80 Å². The Morgan fingerprint density at radius 1 is 0.885 bits per heavy atom. The van der Waals surface area contributed by atoms with Crippen molar-refractivity contribution < 1.29 is 9.53 Å². The Hall–Kier alpha value is -2.74. The van der Waals surface area contributed by atoms with Crippen molar-refractivity contribution in [2.75, 3.05) is 62.3 Å². The molecule has 0 N–H and O–H groups in total. The molecule has 0 radical (unpaired) electrons. The first-order chi connectivity index (χ1) is 12.8. The molecule has 0 saturated carbocycles. The zero-order chi connectivity index (χ0) is 17.8. The molecule has 2 saturated heterocycles. The average molecular weight is 354 g/mol. The Bertz CT molecular complexity index is 725. The number of morpholine rings is 1. The predicted octanol–water partition coefficient (Wildman–Crippen LogP) is 0.671. The molecule has 8 nitrogen and oxygen atoms in total. The molecule has 1 amide bonds. The van der Waals surface area contributed by atoms with E-state index in [1.165, 1.54) is 0 Å². The fraction of sp³-hybridized carbons (Fsp3) is 0.444. The number of hydrogen-bond donors (Lipinski definition) is 0. The van der Waals surface area contributed by atoms with Crippen molar-refractivity contribution in [1.29, 1.82) is 0 Å². The van der Waals surface area contributed by atoms with E-state index in [4.69, 9.17) is 4.74 Å². The summed E-state index contributed by atoms with van der Waals surface area (Å²) in [4.78, 5) is 31.8. The van der Waals surface area contributed by atoms with Crippen LogP contribution in [0.25, 0.3) is 0 Å². The highest BCUT2D eigenvalue weighted by Gasteiger charge is 2.21. The van der Waals surface area contributed by atoms with E-state index >= 15 is 0 Å². The zero-order valence-corrected chi connectivity index (χ0v) is 14.6. The highest BCUT2D eigenvalue weighted by Crippen LogP contribution is 2.17. The van der Waals surface area contributed by atoms with E-state index in [1.807, 2.05) is 23.1 Å². The van der Waals surface area contributed by atoms with E-state index < -0.39 is 0 Å². The lowest BCUT2D eigenvalue weighted by atomic mass is 10.2. The van der Waals surface area contributed by atoms with Crippen molar-refractivity contribution in [3.05, 3.63) is 42.4 Å². The first kappa shape index (κ1) is 16.7. The lowest BCUT2D eigenvalue weighted by Gasteiger charge is -2.35. The van der Waals surface area contributed by atoms with Gasteiger partial charge in [0, 0.05) is 57.9 Å². The van der Waals surface area contributed by atoms with Gasteiger partial charge in [-0.3, -0.25) is 4.79 Å². The van der Waals surface area contributed by atoms with Crippen molar-refractivity contribution in [3.8, 4) is 0 Å². The number of hydrogen-bond acceptors (Lipinski definition) is 7. The molecule has 0 unspecified atom stereocenters. The number of amides is 1. The molecule has 2 aliphatic rings. The SMILES string of the molecule is O=C(c1ccc(N2CCN(c3ncccn3)CC2)nc1)N1CCOCC1. The second kappa shape index (κ2) is 7.65. The van der Waals surface area contributed by atoms with E-state index in [0.29, 0.717) is 31.9 Å². The van der Waals surface area contributed by atoms with Crippen molar-refractivity contribution >= 4 is 17.7 Å². The maximum Gasteiger partial charge on any atom is 0.255 e. The Labute approximate surface area is 152 Å². The second-order valence-electron chi connectivity index (χ2n) is 6.33.